The fraction of sp³-hybridized carbons (Fsp3) is 0.0714. The SMILES string of the molecule is Nc1ccc(OCc2cn3cc(F)ccc3n2)cc1. The van der Waals surface area contributed by atoms with Crippen LogP contribution in [0.4, 0.5) is 10.1 Å². The standard InChI is InChI=1S/C14H12FN3O/c15-10-1-6-14-17-12(8-18(14)7-10)9-19-13-4-2-11(16)3-5-13/h1-8H,9,16H2. The Labute approximate surface area is 109 Å². The number of anilines is 1. The lowest BCUT2D eigenvalue weighted by atomic mass is 10.3. The molecule has 0 aliphatic rings. The molecular formula is C14H12FN3O. The van der Waals surface area contributed by atoms with E-state index in [4.69, 9.17) is 10.5 Å². The maximum atomic E-state index is 13.0. The number of ether oxygens (including phenoxy) is 1. The maximum absolute atomic E-state index is 13.0. The van der Waals surface area contributed by atoms with Gasteiger partial charge in [-0.05, 0) is 36.4 Å². The van der Waals surface area contributed by atoms with Crippen molar-refractivity contribution >= 4 is 11.3 Å². The van der Waals surface area contributed by atoms with E-state index in [9.17, 15) is 4.39 Å². The average Bonchev–Trinajstić information content (AvgIpc) is 2.80. The fourth-order valence-corrected chi connectivity index (χ4v) is 1.81. The van der Waals surface area contributed by atoms with Gasteiger partial charge in [0.2, 0.25) is 0 Å². The summed E-state index contributed by atoms with van der Waals surface area (Å²) in [7, 11) is 0. The summed E-state index contributed by atoms with van der Waals surface area (Å²) in [6.45, 7) is 0.327. The van der Waals surface area contributed by atoms with Crippen molar-refractivity contribution in [1.82, 2.24) is 9.38 Å². The average molecular weight is 257 g/mol. The third-order valence-electron chi connectivity index (χ3n) is 2.73. The molecule has 0 aliphatic heterocycles. The van der Waals surface area contributed by atoms with E-state index in [0.29, 0.717) is 17.9 Å². The molecule has 5 heteroatoms. The number of imidazole rings is 1. The van der Waals surface area contributed by atoms with Crippen LogP contribution in [-0.4, -0.2) is 9.38 Å². The molecule has 0 aliphatic carbocycles. The molecular weight excluding hydrogens is 245 g/mol. The van der Waals surface area contributed by atoms with Gasteiger partial charge < -0.3 is 14.9 Å². The zero-order chi connectivity index (χ0) is 13.2. The number of rotatable bonds is 3. The predicted molar refractivity (Wildman–Crippen MR) is 70.3 cm³/mol. The van der Waals surface area contributed by atoms with Crippen LogP contribution in [0.15, 0.2) is 48.8 Å². The highest BCUT2D eigenvalue weighted by Gasteiger charge is 2.03. The first kappa shape index (κ1) is 11.5. The molecule has 4 nitrogen and oxygen atoms in total. The van der Waals surface area contributed by atoms with Gasteiger partial charge in [0, 0.05) is 18.1 Å². The van der Waals surface area contributed by atoms with Crippen LogP contribution in [0.3, 0.4) is 0 Å². The Balaban J connectivity index is 1.76. The number of halogens is 1. The van der Waals surface area contributed by atoms with Gasteiger partial charge in [0.15, 0.2) is 0 Å². The maximum Gasteiger partial charge on any atom is 0.139 e. The second kappa shape index (κ2) is 4.61. The summed E-state index contributed by atoms with van der Waals surface area (Å²) in [4.78, 5) is 4.33. The molecule has 2 N–H and O–H groups in total. The van der Waals surface area contributed by atoms with Gasteiger partial charge in [-0.15, -0.1) is 0 Å². The third-order valence-corrected chi connectivity index (χ3v) is 2.73. The summed E-state index contributed by atoms with van der Waals surface area (Å²) >= 11 is 0. The van der Waals surface area contributed by atoms with Crippen molar-refractivity contribution in [2.24, 2.45) is 0 Å². The number of aromatic nitrogens is 2. The predicted octanol–water partition coefficient (Wildman–Crippen LogP) is 2.63. The van der Waals surface area contributed by atoms with E-state index in [-0.39, 0.29) is 5.82 Å². The van der Waals surface area contributed by atoms with Crippen molar-refractivity contribution in [3.05, 3.63) is 60.3 Å². The molecule has 3 rings (SSSR count). The van der Waals surface area contributed by atoms with Crippen molar-refractivity contribution in [1.29, 1.82) is 0 Å². The summed E-state index contributed by atoms with van der Waals surface area (Å²) in [5.74, 6) is 0.424. The first-order chi connectivity index (χ1) is 9.20. The molecule has 2 aromatic heterocycles. The lowest BCUT2D eigenvalue weighted by Gasteiger charge is -2.03. The third kappa shape index (κ3) is 2.49. The monoisotopic (exact) mass is 257 g/mol. The summed E-state index contributed by atoms with van der Waals surface area (Å²) < 4.78 is 20.3. The minimum absolute atomic E-state index is 0.295. The Morgan fingerprint density at radius 1 is 1.11 bits per heavy atom. The van der Waals surface area contributed by atoms with Crippen LogP contribution in [0.5, 0.6) is 5.75 Å². The van der Waals surface area contributed by atoms with E-state index in [1.165, 1.54) is 12.3 Å². The molecule has 0 saturated carbocycles. The van der Waals surface area contributed by atoms with Gasteiger partial charge in [-0.2, -0.15) is 0 Å². The molecule has 0 atom stereocenters. The normalized spacial score (nSPS) is 10.8. The van der Waals surface area contributed by atoms with E-state index in [1.807, 2.05) is 0 Å². The molecule has 1 aromatic carbocycles. The van der Waals surface area contributed by atoms with Gasteiger partial charge in [-0.1, -0.05) is 0 Å². The molecule has 0 amide bonds. The Morgan fingerprint density at radius 3 is 2.68 bits per heavy atom. The number of pyridine rings is 1. The van der Waals surface area contributed by atoms with Gasteiger partial charge in [0.25, 0.3) is 0 Å². The Kier molecular flexibility index (Phi) is 2.79. The Morgan fingerprint density at radius 2 is 1.89 bits per heavy atom. The van der Waals surface area contributed by atoms with Crippen molar-refractivity contribution in [2.45, 2.75) is 6.61 Å². The van der Waals surface area contributed by atoms with Gasteiger partial charge in [-0.25, -0.2) is 9.37 Å². The molecule has 0 saturated heterocycles. The minimum Gasteiger partial charge on any atom is -0.487 e. The van der Waals surface area contributed by atoms with Crippen molar-refractivity contribution < 1.29 is 9.13 Å². The van der Waals surface area contributed by atoms with Gasteiger partial charge in [0.1, 0.15) is 23.8 Å². The molecule has 0 radical (unpaired) electrons. The quantitative estimate of drug-likeness (QED) is 0.734. The van der Waals surface area contributed by atoms with Crippen molar-refractivity contribution in [3.8, 4) is 5.75 Å². The van der Waals surface area contributed by atoms with Gasteiger partial charge in [0.05, 0.1) is 5.69 Å². The topological polar surface area (TPSA) is 52.5 Å². The number of hydrogen-bond donors (Lipinski definition) is 1. The molecule has 2 heterocycles. The van der Waals surface area contributed by atoms with Gasteiger partial charge >= 0.3 is 0 Å². The number of nitrogen functional groups attached to an aromatic ring is 1. The molecule has 0 fully saturated rings. The zero-order valence-electron chi connectivity index (χ0n) is 10.1. The number of hydrogen-bond acceptors (Lipinski definition) is 3. The smallest absolute Gasteiger partial charge is 0.139 e. The lowest BCUT2D eigenvalue weighted by molar-refractivity contribution is 0.302. The van der Waals surface area contributed by atoms with Crippen LogP contribution in [0.1, 0.15) is 5.69 Å². The zero-order valence-corrected chi connectivity index (χ0v) is 10.1. The molecule has 96 valence electrons. The van der Waals surface area contributed by atoms with Crippen LogP contribution in [0, 0.1) is 5.82 Å². The van der Waals surface area contributed by atoms with Crippen LogP contribution in [0.25, 0.3) is 5.65 Å². The second-order valence-electron chi connectivity index (χ2n) is 4.20. The van der Waals surface area contributed by atoms with E-state index >= 15 is 0 Å². The van der Waals surface area contributed by atoms with E-state index < -0.39 is 0 Å². The van der Waals surface area contributed by atoms with Crippen molar-refractivity contribution in [3.63, 3.8) is 0 Å². The van der Waals surface area contributed by atoms with Crippen molar-refractivity contribution in [2.75, 3.05) is 5.73 Å². The molecule has 19 heavy (non-hydrogen) atoms. The summed E-state index contributed by atoms with van der Waals surface area (Å²) in [6.07, 6.45) is 3.13. The highest BCUT2D eigenvalue weighted by molar-refractivity contribution is 5.42. The fourth-order valence-electron chi connectivity index (χ4n) is 1.81. The summed E-state index contributed by atoms with van der Waals surface area (Å²) in [6, 6.07) is 10.1. The Hall–Kier alpha value is -2.56. The molecule has 0 unspecified atom stereocenters. The highest BCUT2D eigenvalue weighted by Crippen LogP contribution is 2.15. The van der Waals surface area contributed by atoms with Crippen LogP contribution in [-0.2, 0) is 6.61 Å². The summed E-state index contributed by atoms with van der Waals surface area (Å²) in [5.41, 5.74) is 7.71. The first-order valence-electron chi connectivity index (χ1n) is 5.82. The van der Waals surface area contributed by atoms with Crippen LogP contribution < -0.4 is 10.5 Å². The minimum atomic E-state index is -0.295. The molecule has 0 spiro atoms. The van der Waals surface area contributed by atoms with Crippen LogP contribution in [0.2, 0.25) is 0 Å². The van der Waals surface area contributed by atoms with Gasteiger partial charge in [-0.3, -0.25) is 0 Å². The van der Waals surface area contributed by atoms with Crippen LogP contribution >= 0.6 is 0 Å². The molecule has 0 bridgehead atoms. The Bertz CT molecular complexity index is 706. The highest BCUT2D eigenvalue weighted by atomic mass is 19.1. The van der Waals surface area contributed by atoms with E-state index in [1.54, 1.807) is 40.9 Å². The van der Waals surface area contributed by atoms with E-state index in [2.05, 4.69) is 4.98 Å². The van der Waals surface area contributed by atoms with E-state index in [0.717, 1.165) is 11.4 Å². The lowest BCUT2D eigenvalue weighted by Crippen LogP contribution is -1.95. The molecule has 3 aromatic rings. The number of fused-ring (bicyclic) bond motifs is 1. The number of benzene rings is 1. The number of nitrogens with two attached hydrogens (primary N) is 1. The first-order valence-corrected chi connectivity index (χ1v) is 5.82. The largest absolute Gasteiger partial charge is 0.487 e. The number of nitrogens with zero attached hydrogens (tertiary/aromatic N) is 2. The second-order valence-corrected chi connectivity index (χ2v) is 4.20. The summed E-state index contributed by atoms with van der Waals surface area (Å²) in [5, 5.41) is 0.